The van der Waals surface area contributed by atoms with Crippen LogP contribution in [-0.4, -0.2) is 21.0 Å². The summed E-state index contributed by atoms with van der Waals surface area (Å²) in [5, 5.41) is 8.83. The molecule has 1 heterocycles. The van der Waals surface area contributed by atoms with E-state index in [1.54, 1.807) is 6.07 Å². The number of aromatic amines is 1. The SMILES string of the molecule is Cc1nc(-c2cccc(F)c2)[nH]c(=O)c1C(=O)O. The Bertz CT molecular complexity index is 679. The van der Waals surface area contributed by atoms with Crippen LogP contribution >= 0.6 is 0 Å². The van der Waals surface area contributed by atoms with E-state index in [0.717, 1.165) is 0 Å². The van der Waals surface area contributed by atoms with Gasteiger partial charge in [0.25, 0.3) is 5.56 Å². The second kappa shape index (κ2) is 4.40. The summed E-state index contributed by atoms with van der Waals surface area (Å²) in [4.78, 5) is 28.7. The lowest BCUT2D eigenvalue weighted by atomic mass is 10.2. The Morgan fingerprint density at radius 2 is 2.17 bits per heavy atom. The monoisotopic (exact) mass is 248 g/mol. The minimum atomic E-state index is -1.34. The first-order valence-electron chi connectivity index (χ1n) is 5.09. The molecule has 0 spiro atoms. The maximum absolute atomic E-state index is 13.0. The summed E-state index contributed by atoms with van der Waals surface area (Å²) in [5.74, 6) is -1.66. The predicted molar refractivity (Wildman–Crippen MR) is 61.9 cm³/mol. The van der Waals surface area contributed by atoms with E-state index in [0.29, 0.717) is 5.56 Å². The zero-order valence-corrected chi connectivity index (χ0v) is 9.40. The molecule has 5 nitrogen and oxygen atoms in total. The van der Waals surface area contributed by atoms with Gasteiger partial charge in [0, 0.05) is 5.56 Å². The molecule has 0 fully saturated rings. The molecule has 0 atom stereocenters. The summed E-state index contributed by atoms with van der Waals surface area (Å²) >= 11 is 0. The number of benzene rings is 1. The van der Waals surface area contributed by atoms with Crippen LogP contribution in [0.4, 0.5) is 4.39 Å². The Balaban J connectivity index is 2.62. The van der Waals surface area contributed by atoms with Crippen LogP contribution in [0, 0.1) is 12.7 Å². The molecule has 0 radical (unpaired) electrons. The van der Waals surface area contributed by atoms with Crippen molar-refractivity contribution in [2.45, 2.75) is 6.92 Å². The molecule has 0 aliphatic rings. The maximum atomic E-state index is 13.0. The van der Waals surface area contributed by atoms with Crippen LogP contribution in [0.25, 0.3) is 11.4 Å². The van der Waals surface area contributed by atoms with Gasteiger partial charge in [0.15, 0.2) is 0 Å². The topological polar surface area (TPSA) is 83.0 Å². The number of carbonyl (C=O) groups is 1. The average Bonchev–Trinajstić information content (AvgIpc) is 2.27. The molecule has 0 saturated carbocycles. The van der Waals surface area contributed by atoms with Gasteiger partial charge in [0.05, 0.1) is 5.69 Å². The minimum absolute atomic E-state index is 0.0884. The van der Waals surface area contributed by atoms with E-state index in [4.69, 9.17) is 5.11 Å². The molecule has 2 N–H and O–H groups in total. The number of nitrogens with zero attached hydrogens (tertiary/aromatic N) is 1. The number of hydrogen-bond donors (Lipinski definition) is 2. The molecule has 1 aromatic heterocycles. The van der Waals surface area contributed by atoms with Crippen molar-refractivity contribution in [3.63, 3.8) is 0 Å². The van der Waals surface area contributed by atoms with Gasteiger partial charge in [-0.1, -0.05) is 12.1 Å². The number of carboxylic acids is 1. The Morgan fingerprint density at radius 1 is 1.44 bits per heavy atom. The van der Waals surface area contributed by atoms with Crippen molar-refractivity contribution >= 4 is 5.97 Å². The summed E-state index contributed by atoms with van der Waals surface area (Å²) in [6.45, 7) is 1.42. The Kier molecular flexibility index (Phi) is 2.93. The van der Waals surface area contributed by atoms with Gasteiger partial charge in [0.2, 0.25) is 0 Å². The van der Waals surface area contributed by atoms with Crippen molar-refractivity contribution in [1.82, 2.24) is 9.97 Å². The summed E-state index contributed by atoms with van der Waals surface area (Å²) in [5.41, 5.74) is -0.693. The summed E-state index contributed by atoms with van der Waals surface area (Å²) in [6, 6.07) is 5.52. The molecular weight excluding hydrogens is 239 g/mol. The van der Waals surface area contributed by atoms with Gasteiger partial charge >= 0.3 is 5.97 Å². The highest BCUT2D eigenvalue weighted by Gasteiger charge is 2.15. The lowest BCUT2D eigenvalue weighted by molar-refractivity contribution is 0.0693. The van der Waals surface area contributed by atoms with Crippen LogP contribution in [-0.2, 0) is 0 Å². The van der Waals surface area contributed by atoms with E-state index < -0.39 is 22.9 Å². The van der Waals surface area contributed by atoms with E-state index in [2.05, 4.69) is 9.97 Å². The fourth-order valence-corrected chi connectivity index (χ4v) is 1.61. The van der Waals surface area contributed by atoms with Gasteiger partial charge in [-0.05, 0) is 19.1 Å². The molecule has 0 amide bonds. The van der Waals surface area contributed by atoms with E-state index in [9.17, 15) is 14.0 Å². The summed E-state index contributed by atoms with van der Waals surface area (Å²) < 4.78 is 13.0. The average molecular weight is 248 g/mol. The Labute approximate surface area is 101 Å². The van der Waals surface area contributed by atoms with Crippen molar-refractivity contribution in [2.75, 3.05) is 0 Å². The molecule has 0 aliphatic heterocycles. The van der Waals surface area contributed by atoms with Crippen LogP contribution in [0.5, 0.6) is 0 Å². The zero-order chi connectivity index (χ0) is 13.3. The predicted octanol–water partition coefficient (Wildman–Crippen LogP) is 1.58. The highest BCUT2D eigenvalue weighted by molar-refractivity contribution is 5.88. The third-order valence-electron chi connectivity index (χ3n) is 2.41. The van der Waals surface area contributed by atoms with Gasteiger partial charge in [-0.3, -0.25) is 4.79 Å². The fraction of sp³-hybridized carbons (Fsp3) is 0.0833. The lowest BCUT2D eigenvalue weighted by Crippen LogP contribution is -2.21. The largest absolute Gasteiger partial charge is 0.477 e. The number of H-pyrrole nitrogens is 1. The van der Waals surface area contributed by atoms with E-state index >= 15 is 0 Å². The van der Waals surface area contributed by atoms with Crippen molar-refractivity contribution in [1.29, 1.82) is 0 Å². The van der Waals surface area contributed by atoms with Gasteiger partial charge in [0.1, 0.15) is 17.2 Å². The number of halogens is 1. The van der Waals surface area contributed by atoms with Crippen LogP contribution in [0.2, 0.25) is 0 Å². The second-order valence-electron chi connectivity index (χ2n) is 3.69. The standard InChI is InChI=1S/C12H9FN2O3/c1-6-9(12(17)18)11(16)15-10(14-6)7-3-2-4-8(13)5-7/h2-5H,1H3,(H,17,18)(H,14,15,16). The first-order valence-corrected chi connectivity index (χ1v) is 5.09. The third kappa shape index (κ3) is 2.13. The van der Waals surface area contributed by atoms with Gasteiger partial charge in [-0.15, -0.1) is 0 Å². The number of rotatable bonds is 2. The van der Waals surface area contributed by atoms with Crippen molar-refractivity contribution in [2.24, 2.45) is 0 Å². The molecule has 18 heavy (non-hydrogen) atoms. The highest BCUT2D eigenvalue weighted by atomic mass is 19.1. The number of nitrogens with one attached hydrogen (secondary N) is 1. The van der Waals surface area contributed by atoms with Crippen molar-refractivity contribution in [3.8, 4) is 11.4 Å². The number of hydrogen-bond acceptors (Lipinski definition) is 3. The van der Waals surface area contributed by atoms with Crippen molar-refractivity contribution in [3.05, 3.63) is 51.7 Å². The second-order valence-corrected chi connectivity index (χ2v) is 3.69. The van der Waals surface area contributed by atoms with Gasteiger partial charge in [-0.2, -0.15) is 0 Å². The van der Waals surface area contributed by atoms with Gasteiger partial charge in [-0.25, -0.2) is 14.2 Å². The van der Waals surface area contributed by atoms with E-state index in [-0.39, 0.29) is 11.5 Å². The lowest BCUT2D eigenvalue weighted by Gasteiger charge is -2.04. The molecule has 1 aromatic carbocycles. The molecule has 6 heteroatoms. The molecule has 0 aliphatic carbocycles. The highest BCUT2D eigenvalue weighted by Crippen LogP contribution is 2.15. The molecule has 2 aromatic rings. The molecule has 92 valence electrons. The maximum Gasteiger partial charge on any atom is 0.343 e. The molecular formula is C12H9FN2O3. The van der Waals surface area contributed by atoms with Crippen LogP contribution in [0.3, 0.4) is 0 Å². The van der Waals surface area contributed by atoms with Crippen LogP contribution in [0.1, 0.15) is 16.1 Å². The molecule has 0 bridgehead atoms. The van der Waals surface area contributed by atoms with E-state index in [1.807, 2.05) is 0 Å². The molecule has 0 saturated heterocycles. The number of aromatic nitrogens is 2. The first-order chi connectivity index (χ1) is 8.49. The number of aromatic carboxylic acids is 1. The van der Waals surface area contributed by atoms with Crippen LogP contribution < -0.4 is 5.56 Å². The Hall–Kier alpha value is -2.50. The van der Waals surface area contributed by atoms with Gasteiger partial charge < -0.3 is 10.1 Å². The number of carboxylic acid groups (broad SMARTS) is 1. The molecule has 2 rings (SSSR count). The smallest absolute Gasteiger partial charge is 0.343 e. The Morgan fingerprint density at radius 3 is 2.72 bits per heavy atom. The van der Waals surface area contributed by atoms with E-state index in [1.165, 1.54) is 25.1 Å². The minimum Gasteiger partial charge on any atom is -0.477 e. The summed E-state index contributed by atoms with van der Waals surface area (Å²) in [6.07, 6.45) is 0. The fourth-order valence-electron chi connectivity index (χ4n) is 1.61. The first kappa shape index (κ1) is 12.0. The summed E-state index contributed by atoms with van der Waals surface area (Å²) in [7, 11) is 0. The number of aryl methyl sites for hydroxylation is 1. The van der Waals surface area contributed by atoms with Crippen LogP contribution in [0.15, 0.2) is 29.1 Å². The quantitative estimate of drug-likeness (QED) is 0.845. The van der Waals surface area contributed by atoms with Crippen molar-refractivity contribution < 1.29 is 14.3 Å². The zero-order valence-electron chi connectivity index (χ0n) is 9.40. The molecule has 0 unspecified atom stereocenters. The third-order valence-corrected chi connectivity index (χ3v) is 2.41. The normalized spacial score (nSPS) is 10.3.